The summed E-state index contributed by atoms with van der Waals surface area (Å²) < 4.78 is 38.8. The third-order valence-electron chi connectivity index (χ3n) is 3.23. The summed E-state index contributed by atoms with van der Waals surface area (Å²) in [5.74, 6) is -0.280. The number of likely N-dealkylation sites (N-methyl/N-ethyl adjacent to an activating group) is 1. The van der Waals surface area contributed by atoms with E-state index in [4.69, 9.17) is 0 Å². The lowest BCUT2D eigenvalue weighted by Gasteiger charge is -2.13. The topological polar surface area (TPSA) is 70.2 Å². The molecule has 0 saturated carbocycles. The molecule has 25 heavy (non-hydrogen) atoms. The highest BCUT2D eigenvalue weighted by atomic mass is 19.4. The summed E-state index contributed by atoms with van der Waals surface area (Å²) in [6.07, 6.45) is -1.99. The first-order valence-corrected chi connectivity index (χ1v) is 7.45. The van der Waals surface area contributed by atoms with Gasteiger partial charge in [0.1, 0.15) is 11.5 Å². The molecule has 9 heteroatoms. The molecule has 0 aliphatic heterocycles. The van der Waals surface area contributed by atoms with Crippen LogP contribution in [0.1, 0.15) is 16.1 Å². The molecule has 0 aliphatic rings. The molecule has 1 aromatic heterocycles. The summed E-state index contributed by atoms with van der Waals surface area (Å²) in [6.45, 7) is 1.43. The molecular weight excluding hydrogens is 335 g/mol. The Labute approximate surface area is 143 Å². The molecule has 0 spiro atoms. The van der Waals surface area contributed by atoms with Crippen LogP contribution in [-0.4, -0.2) is 48.0 Å². The molecule has 0 atom stereocenters. The number of para-hydroxylation sites is 1. The Morgan fingerprint density at radius 1 is 1.16 bits per heavy atom. The number of amides is 1. The number of alkyl halides is 3. The number of hydrogen-bond acceptors (Lipinski definition) is 5. The lowest BCUT2D eigenvalue weighted by Crippen LogP contribution is -2.21. The third-order valence-corrected chi connectivity index (χ3v) is 3.23. The van der Waals surface area contributed by atoms with E-state index >= 15 is 0 Å². The Morgan fingerprint density at radius 3 is 2.48 bits per heavy atom. The summed E-state index contributed by atoms with van der Waals surface area (Å²) >= 11 is 0. The number of benzene rings is 1. The van der Waals surface area contributed by atoms with Crippen molar-refractivity contribution in [1.29, 1.82) is 0 Å². The number of rotatable bonds is 6. The van der Waals surface area contributed by atoms with E-state index in [1.54, 1.807) is 0 Å². The van der Waals surface area contributed by atoms with Gasteiger partial charge in [-0.25, -0.2) is 9.97 Å². The molecule has 2 N–H and O–H groups in total. The van der Waals surface area contributed by atoms with Crippen LogP contribution in [-0.2, 0) is 6.18 Å². The van der Waals surface area contributed by atoms with Crippen molar-refractivity contribution in [2.24, 2.45) is 0 Å². The van der Waals surface area contributed by atoms with Crippen molar-refractivity contribution in [1.82, 2.24) is 14.9 Å². The van der Waals surface area contributed by atoms with Gasteiger partial charge < -0.3 is 15.5 Å². The number of nitrogens with zero attached hydrogens (tertiary/aromatic N) is 3. The zero-order chi connectivity index (χ0) is 18.4. The van der Waals surface area contributed by atoms with E-state index < -0.39 is 17.6 Å². The molecule has 0 aliphatic carbocycles. The van der Waals surface area contributed by atoms with E-state index in [0.29, 0.717) is 12.4 Å². The van der Waals surface area contributed by atoms with Crippen LogP contribution < -0.4 is 10.6 Å². The van der Waals surface area contributed by atoms with Gasteiger partial charge in [-0.2, -0.15) is 13.2 Å². The van der Waals surface area contributed by atoms with Gasteiger partial charge in [-0.15, -0.1) is 0 Å². The van der Waals surface area contributed by atoms with Crippen LogP contribution in [0, 0.1) is 0 Å². The molecule has 1 amide bonds. The second kappa shape index (κ2) is 7.93. The summed E-state index contributed by atoms with van der Waals surface area (Å²) in [6, 6.07) is 4.76. The highest BCUT2D eigenvalue weighted by molar-refractivity contribution is 6.03. The minimum atomic E-state index is -4.56. The Kier molecular flexibility index (Phi) is 5.92. The molecule has 2 aromatic rings. The van der Waals surface area contributed by atoms with Crippen LogP contribution >= 0.6 is 0 Å². The van der Waals surface area contributed by atoms with E-state index in [0.717, 1.165) is 12.6 Å². The van der Waals surface area contributed by atoms with Gasteiger partial charge in [-0.1, -0.05) is 12.1 Å². The van der Waals surface area contributed by atoms with Crippen molar-refractivity contribution >= 4 is 17.4 Å². The Morgan fingerprint density at radius 2 is 1.88 bits per heavy atom. The van der Waals surface area contributed by atoms with Crippen LogP contribution in [0.4, 0.5) is 24.7 Å². The number of hydrogen-bond donors (Lipinski definition) is 2. The molecule has 2 rings (SSSR count). The Hall–Kier alpha value is -2.68. The van der Waals surface area contributed by atoms with E-state index in [1.165, 1.54) is 30.6 Å². The average Bonchev–Trinajstić information content (AvgIpc) is 2.54. The van der Waals surface area contributed by atoms with Gasteiger partial charge in [0.2, 0.25) is 0 Å². The van der Waals surface area contributed by atoms with Gasteiger partial charge in [0.25, 0.3) is 5.91 Å². The molecule has 1 aromatic carbocycles. The van der Waals surface area contributed by atoms with Gasteiger partial charge in [0.05, 0.1) is 23.6 Å². The molecule has 0 saturated heterocycles. The van der Waals surface area contributed by atoms with Crippen LogP contribution in [0.5, 0.6) is 0 Å². The van der Waals surface area contributed by atoms with Crippen LogP contribution in [0.25, 0.3) is 0 Å². The van der Waals surface area contributed by atoms with Crippen molar-refractivity contribution in [3.05, 3.63) is 47.9 Å². The maximum absolute atomic E-state index is 12.9. The smallest absolute Gasteiger partial charge is 0.368 e. The fourth-order valence-electron chi connectivity index (χ4n) is 1.97. The van der Waals surface area contributed by atoms with Crippen LogP contribution in [0.2, 0.25) is 0 Å². The van der Waals surface area contributed by atoms with Crippen molar-refractivity contribution in [3.8, 4) is 0 Å². The third kappa shape index (κ3) is 5.42. The minimum absolute atomic E-state index is 0.0739. The van der Waals surface area contributed by atoms with Gasteiger partial charge in [-0.3, -0.25) is 4.79 Å². The highest BCUT2D eigenvalue weighted by Crippen LogP contribution is 2.34. The first kappa shape index (κ1) is 18.7. The highest BCUT2D eigenvalue weighted by Gasteiger charge is 2.33. The van der Waals surface area contributed by atoms with Crippen molar-refractivity contribution in [2.75, 3.05) is 37.8 Å². The number of carbonyl (C=O) groups excluding carboxylic acids is 1. The van der Waals surface area contributed by atoms with E-state index in [1.807, 2.05) is 19.0 Å². The zero-order valence-corrected chi connectivity index (χ0v) is 13.8. The van der Waals surface area contributed by atoms with Crippen LogP contribution in [0.15, 0.2) is 36.7 Å². The van der Waals surface area contributed by atoms with Crippen LogP contribution in [0.3, 0.4) is 0 Å². The summed E-state index contributed by atoms with van der Waals surface area (Å²) in [5, 5.41) is 5.25. The molecule has 1 heterocycles. The fourth-order valence-corrected chi connectivity index (χ4v) is 1.97. The Balaban J connectivity index is 2.05. The number of aromatic nitrogens is 2. The van der Waals surface area contributed by atoms with E-state index in [-0.39, 0.29) is 11.4 Å². The summed E-state index contributed by atoms with van der Waals surface area (Å²) in [5.41, 5.74) is -1.32. The maximum atomic E-state index is 12.9. The second-order valence-electron chi connectivity index (χ2n) is 5.51. The van der Waals surface area contributed by atoms with Gasteiger partial charge in [0.15, 0.2) is 0 Å². The molecule has 0 fully saturated rings. The largest absolute Gasteiger partial charge is 0.418 e. The summed E-state index contributed by atoms with van der Waals surface area (Å²) in [7, 11) is 3.86. The lowest BCUT2D eigenvalue weighted by atomic mass is 10.1. The minimum Gasteiger partial charge on any atom is -0.368 e. The zero-order valence-electron chi connectivity index (χ0n) is 13.8. The van der Waals surface area contributed by atoms with Gasteiger partial charge >= 0.3 is 6.18 Å². The molecule has 0 bridgehead atoms. The predicted octanol–water partition coefficient (Wildman–Crippen LogP) is 2.72. The number of anilines is 2. The number of nitrogens with one attached hydrogen (secondary N) is 2. The first-order chi connectivity index (χ1) is 11.8. The molecule has 134 valence electrons. The molecule has 6 nitrogen and oxygen atoms in total. The van der Waals surface area contributed by atoms with Gasteiger partial charge in [-0.05, 0) is 26.2 Å². The SMILES string of the molecule is CN(C)CCNc1cnc(C(=O)Nc2ccccc2C(F)(F)F)cn1. The van der Waals surface area contributed by atoms with Crippen molar-refractivity contribution < 1.29 is 18.0 Å². The number of carbonyl (C=O) groups is 1. The average molecular weight is 353 g/mol. The predicted molar refractivity (Wildman–Crippen MR) is 88.5 cm³/mol. The lowest BCUT2D eigenvalue weighted by molar-refractivity contribution is -0.136. The molecular formula is C16H18F3N5O. The second-order valence-corrected chi connectivity index (χ2v) is 5.51. The summed E-state index contributed by atoms with van der Waals surface area (Å²) in [4.78, 5) is 22.1. The maximum Gasteiger partial charge on any atom is 0.418 e. The van der Waals surface area contributed by atoms with E-state index in [2.05, 4.69) is 20.6 Å². The van der Waals surface area contributed by atoms with Crippen molar-refractivity contribution in [3.63, 3.8) is 0 Å². The first-order valence-electron chi connectivity index (χ1n) is 7.45. The monoisotopic (exact) mass is 353 g/mol. The number of halogens is 3. The molecule has 0 unspecified atom stereocenters. The molecule has 0 radical (unpaired) electrons. The standard InChI is InChI=1S/C16H18F3N5O/c1-24(2)8-7-20-14-10-21-13(9-22-14)15(25)23-12-6-4-3-5-11(12)16(17,18)19/h3-6,9-10H,7-8H2,1-2H3,(H,20,22)(H,23,25). The Bertz CT molecular complexity index is 716. The van der Waals surface area contributed by atoms with E-state index in [9.17, 15) is 18.0 Å². The fraction of sp³-hybridized carbons (Fsp3) is 0.312. The quantitative estimate of drug-likeness (QED) is 0.836. The van der Waals surface area contributed by atoms with Crippen molar-refractivity contribution in [2.45, 2.75) is 6.18 Å². The normalized spacial score (nSPS) is 11.4. The van der Waals surface area contributed by atoms with Gasteiger partial charge in [0, 0.05) is 13.1 Å².